The fourth-order valence-electron chi connectivity index (χ4n) is 1.79. The highest BCUT2D eigenvalue weighted by Crippen LogP contribution is 2.26. The number of nitrogens with zero attached hydrogens (tertiary/aromatic N) is 3. The monoisotopic (exact) mass is 239 g/mol. The number of carbonyl (C=O) groups excluding carboxylic acids is 1. The third kappa shape index (κ3) is 2.50. The van der Waals surface area contributed by atoms with E-state index in [4.69, 9.17) is 11.6 Å². The van der Waals surface area contributed by atoms with E-state index < -0.39 is 0 Å². The molecule has 0 unspecified atom stereocenters. The van der Waals surface area contributed by atoms with Crippen molar-refractivity contribution in [3.05, 3.63) is 23.2 Å². The summed E-state index contributed by atoms with van der Waals surface area (Å²) in [6.07, 6.45) is 6.59. The van der Waals surface area contributed by atoms with E-state index in [0.29, 0.717) is 11.6 Å². The van der Waals surface area contributed by atoms with Gasteiger partial charge in [0.15, 0.2) is 0 Å². The van der Waals surface area contributed by atoms with Crippen LogP contribution in [0.5, 0.6) is 0 Å². The largest absolute Gasteiger partial charge is 0.340 e. The van der Waals surface area contributed by atoms with Gasteiger partial charge < -0.3 is 4.90 Å². The molecule has 2 rings (SSSR count). The molecule has 86 valence electrons. The fourth-order valence-corrected chi connectivity index (χ4v) is 1.93. The number of halogens is 1. The summed E-state index contributed by atoms with van der Waals surface area (Å²) in [4.78, 5) is 21.5. The number of rotatable bonds is 3. The molecule has 1 saturated carbocycles. The van der Waals surface area contributed by atoms with E-state index in [1.54, 1.807) is 11.9 Å². The van der Waals surface area contributed by atoms with Crippen LogP contribution in [0.3, 0.4) is 0 Å². The molecule has 0 saturated heterocycles. The molecule has 4 nitrogen and oxygen atoms in total. The molecular formula is C11H14ClN3O. The van der Waals surface area contributed by atoms with E-state index in [1.165, 1.54) is 31.7 Å². The van der Waals surface area contributed by atoms with Gasteiger partial charge in [-0.25, -0.2) is 4.98 Å². The smallest absolute Gasteiger partial charge is 0.273 e. The number of carbonyl (C=O) groups is 1. The van der Waals surface area contributed by atoms with E-state index >= 15 is 0 Å². The molecule has 0 atom stereocenters. The van der Waals surface area contributed by atoms with Crippen LogP contribution < -0.4 is 0 Å². The van der Waals surface area contributed by atoms with Gasteiger partial charge in [-0.1, -0.05) is 18.0 Å². The third-order valence-corrected chi connectivity index (χ3v) is 3.11. The lowest BCUT2D eigenvalue weighted by Crippen LogP contribution is -2.34. The van der Waals surface area contributed by atoms with Crippen LogP contribution in [0.4, 0.5) is 0 Å². The summed E-state index contributed by atoms with van der Waals surface area (Å²) in [7, 11) is 1.79. The van der Waals surface area contributed by atoms with Crippen LogP contribution in [0.15, 0.2) is 12.4 Å². The van der Waals surface area contributed by atoms with E-state index in [9.17, 15) is 4.79 Å². The standard InChI is InChI=1S/C11H14ClN3O/c1-15(7-8-3-2-4-8)11(16)9-5-13-6-10(12)14-9/h5-6,8H,2-4,7H2,1H3. The minimum atomic E-state index is -0.109. The molecule has 1 aromatic heterocycles. The number of aromatic nitrogens is 2. The van der Waals surface area contributed by atoms with Crippen molar-refractivity contribution in [1.29, 1.82) is 0 Å². The first kappa shape index (κ1) is 11.3. The summed E-state index contributed by atoms with van der Waals surface area (Å²) >= 11 is 5.69. The molecule has 0 spiro atoms. The van der Waals surface area contributed by atoms with Crippen molar-refractivity contribution < 1.29 is 4.79 Å². The van der Waals surface area contributed by atoms with Crippen molar-refractivity contribution in [2.24, 2.45) is 5.92 Å². The van der Waals surface area contributed by atoms with Gasteiger partial charge in [0, 0.05) is 13.6 Å². The van der Waals surface area contributed by atoms with Crippen LogP contribution in [-0.4, -0.2) is 34.4 Å². The van der Waals surface area contributed by atoms with Crippen molar-refractivity contribution in [3.63, 3.8) is 0 Å². The lowest BCUT2D eigenvalue weighted by atomic mass is 9.85. The lowest BCUT2D eigenvalue weighted by molar-refractivity contribution is 0.0739. The molecule has 0 aromatic carbocycles. The average molecular weight is 240 g/mol. The Hall–Kier alpha value is -1.16. The predicted molar refractivity (Wildman–Crippen MR) is 61.3 cm³/mol. The topological polar surface area (TPSA) is 46.1 Å². The first-order valence-corrected chi connectivity index (χ1v) is 5.77. The molecule has 0 bridgehead atoms. The van der Waals surface area contributed by atoms with Gasteiger partial charge in [-0.2, -0.15) is 0 Å². The van der Waals surface area contributed by atoms with Gasteiger partial charge in [0.25, 0.3) is 5.91 Å². The Bertz CT molecular complexity index is 393. The van der Waals surface area contributed by atoms with E-state index in [2.05, 4.69) is 9.97 Å². The molecule has 1 aliphatic carbocycles. The SMILES string of the molecule is CN(CC1CCC1)C(=O)c1cncc(Cl)n1. The zero-order valence-corrected chi connectivity index (χ0v) is 9.94. The predicted octanol–water partition coefficient (Wildman–Crippen LogP) is 2.00. The van der Waals surface area contributed by atoms with E-state index in [0.717, 1.165) is 6.54 Å². The zero-order valence-electron chi connectivity index (χ0n) is 9.19. The van der Waals surface area contributed by atoms with Crippen LogP contribution >= 0.6 is 11.6 Å². The van der Waals surface area contributed by atoms with Crippen LogP contribution in [0.1, 0.15) is 29.8 Å². The molecule has 0 aliphatic heterocycles. The molecule has 5 heteroatoms. The maximum atomic E-state index is 11.9. The Kier molecular flexibility index (Phi) is 3.39. The average Bonchev–Trinajstić information content (AvgIpc) is 2.22. The lowest BCUT2D eigenvalue weighted by Gasteiger charge is -2.29. The second-order valence-electron chi connectivity index (χ2n) is 4.21. The summed E-state index contributed by atoms with van der Waals surface area (Å²) in [5.74, 6) is 0.544. The van der Waals surface area contributed by atoms with Crippen molar-refractivity contribution in [2.75, 3.05) is 13.6 Å². The molecule has 1 aliphatic rings. The van der Waals surface area contributed by atoms with E-state index in [-0.39, 0.29) is 11.1 Å². The molecule has 0 N–H and O–H groups in total. The second kappa shape index (κ2) is 4.78. The highest BCUT2D eigenvalue weighted by Gasteiger charge is 2.22. The summed E-state index contributed by atoms with van der Waals surface area (Å²) in [5, 5.41) is 0.253. The van der Waals surface area contributed by atoms with Gasteiger partial charge in [-0.3, -0.25) is 9.78 Å². The van der Waals surface area contributed by atoms with Crippen LogP contribution in [0, 0.1) is 5.92 Å². The molecule has 1 heterocycles. The highest BCUT2D eigenvalue weighted by molar-refractivity contribution is 6.29. The Balaban J connectivity index is 2.00. The minimum Gasteiger partial charge on any atom is -0.340 e. The van der Waals surface area contributed by atoms with Crippen molar-refractivity contribution >= 4 is 17.5 Å². The molecule has 1 aromatic rings. The Morgan fingerprint density at radius 2 is 2.31 bits per heavy atom. The quantitative estimate of drug-likeness (QED) is 0.811. The Labute approximate surface area is 99.6 Å². The number of amides is 1. The number of hydrogen-bond donors (Lipinski definition) is 0. The second-order valence-corrected chi connectivity index (χ2v) is 4.60. The number of hydrogen-bond acceptors (Lipinski definition) is 3. The summed E-state index contributed by atoms with van der Waals surface area (Å²) in [6, 6.07) is 0. The molecule has 1 amide bonds. The molecule has 0 radical (unpaired) electrons. The zero-order chi connectivity index (χ0) is 11.5. The third-order valence-electron chi connectivity index (χ3n) is 2.93. The van der Waals surface area contributed by atoms with Gasteiger partial charge in [-0.15, -0.1) is 0 Å². The Morgan fingerprint density at radius 3 is 2.88 bits per heavy atom. The summed E-state index contributed by atoms with van der Waals surface area (Å²) < 4.78 is 0. The first-order valence-electron chi connectivity index (χ1n) is 5.40. The maximum Gasteiger partial charge on any atom is 0.273 e. The van der Waals surface area contributed by atoms with Gasteiger partial charge in [0.05, 0.1) is 12.4 Å². The van der Waals surface area contributed by atoms with E-state index in [1.807, 2.05) is 0 Å². The van der Waals surface area contributed by atoms with Gasteiger partial charge in [0.2, 0.25) is 0 Å². The van der Waals surface area contributed by atoms with Gasteiger partial charge in [-0.05, 0) is 18.8 Å². The minimum absolute atomic E-state index is 0.109. The van der Waals surface area contributed by atoms with Crippen LogP contribution in [0.25, 0.3) is 0 Å². The van der Waals surface area contributed by atoms with Gasteiger partial charge >= 0.3 is 0 Å². The van der Waals surface area contributed by atoms with Crippen LogP contribution in [0.2, 0.25) is 5.15 Å². The molecular weight excluding hydrogens is 226 g/mol. The normalized spacial score (nSPS) is 15.6. The van der Waals surface area contributed by atoms with Crippen molar-refractivity contribution in [2.45, 2.75) is 19.3 Å². The first-order chi connectivity index (χ1) is 7.66. The molecule has 1 fully saturated rings. The van der Waals surface area contributed by atoms with Gasteiger partial charge in [0.1, 0.15) is 10.8 Å². The van der Waals surface area contributed by atoms with Crippen molar-refractivity contribution in [3.8, 4) is 0 Å². The highest BCUT2D eigenvalue weighted by atomic mass is 35.5. The summed E-state index contributed by atoms with van der Waals surface area (Å²) in [5.41, 5.74) is 0.314. The Morgan fingerprint density at radius 1 is 1.56 bits per heavy atom. The maximum absolute atomic E-state index is 11.9. The van der Waals surface area contributed by atoms with Crippen LogP contribution in [-0.2, 0) is 0 Å². The molecule has 16 heavy (non-hydrogen) atoms. The van der Waals surface area contributed by atoms with Crippen molar-refractivity contribution in [1.82, 2.24) is 14.9 Å². The summed E-state index contributed by atoms with van der Waals surface area (Å²) in [6.45, 7) is 0.799. The fraction of sp³-hybridized carbons (Fsp3) is 0.545.